The van der Waals surface area contributed by atoms with E-state index in [2.05, 4.69) is 11.4 Å². The maximum Gasteiger partial charge on any atom is 0.273 e. The van der Waals surface area contributed by atoms with Crippen molar-refractivity contribution >= 4 is 11.4 Å². The fourth-order valence-corrected chi connectivity index (χ4v) is 4.00. The maximum atomic E-state index is 11.1. The highest BCUT2D eigenvalue weighted by Gasteiger charge is 2.40. The third kappa shape index (κ3) is 2.44. The van der Waals surface area contributed by atoms with Crippen molar-refractivity contribution in [1.29, 1.82) is 0 Å². The zero-order valence-corrected chi connectivity index (χ0v) is 14.0. The Hall–Kier alpha value is -3.22. The van der Waals surface area contributed by atoms with Crippen molar-refractivity contribution in [3.05, 3.63) is 63.7 Å². The maximum absolute atomic E-state index is 11.1. The third-order valence-corrected chi connectivity index (χ3v) is 5.21. The number of ether oxygens (including phenoxy) is 1. The summed E-state index contributed by atoms with van der Waals surface area (Å²) in [6.45, 7) is 0. The Balaban J connectivity index is 1.80. The first-order valence-electron chi connectivity index (χ1n) is 8.31. The van der Waals surface area contributed by atoms with E-state index >= 15 is 0 Å². The summed E-state index contributed by atoms with van der Waals surface area (Å²) in [5.41, 5.74) is 1.97. The molecule has 0 saturated carbocycles. The lowest BCUT2D eigenvalue weighted by Crippen LogP contribution is -2.29. The van der Waals surface area contributed by atoms with Crippen LogP contribution in [0.1, 0.15) is 29.5 Å². The molecule has 1 aliphatic carbocycles. The molecule has 1 heterocycles. The molecule has 3 N–H and O–H groups in total. The molecule has 0 spiro atoms. The highest BCUT2D eigenvalue weighted by Crippen LogP contribution is 2.53. The second-order valence-electron chi connectivity index (χ2n) is 6.59. The number of non-ortho nitro benzene ring substituents is 1. The lowest BCUT2D eigenvalue weighted by Gasteiger charge is -2.37. The molecule has 7 nitrogen and oxygen atoms in total. The van der Waals surface area contributed by atoms with Crippen molar-refractivity contribution in [3.63, 3.8) is 0 Å². The molecular formula is C19H18N2O5. The number of phenolic OH excluding ortho intramolecular Hbond substituents is 2. The average molecular weight is 354 g/mol. The van der Waals surface area contributed by atoms with Gasteiger partial charge in [0.05, 0.1) is 29.8 Å². The van der Waals surface area contributed by atoms with Gasteiger partial charge < -0.3 is 20.3 Å². The number of hydrogen-bond donors (Lipinski definition) is 3. The van der Waals surface area contributed by atoms with Crippen LogP contribution in [0, 0.1) is 16.0 Å². The van der Waals surface area contributed by atoms with Crippen LogP contribution in [-0.2, 0) is 0 Å². The monoisotopic (exact) mass is 354 g/mol. The normalized spacial score (nSPS) is 23.0. The summed E-state index contributed by atoms with van der Waals surface area (Å²) in [5, 5.41) is 34.9. The number of phenols is 2. The van der Waals surface area contributed by atoms with E-state index in [0.29, 0.717) is 11.4 Å². The number of aromatic hydroxyl groups is 2. The molecule has 1 aliphatic heterocycles. The van der Waals surface area contributed by atoms with Crippen LogP contribution in [0.25, 0.3) is 0 Å². The number of anilines is 1. The van der Waals surface area contributed by atoms with Crippen molar-refractivity contribution in [1.82, 2.24) is 0 Å². The van der Waals surface area contributed by atoms with E-state index in [1.54, 1.807) is 12.1 Å². The van der Waals surface area contributed by atoms with Gasteiger partial charge >= 0.3 is 0 Å². The van der Waals surface area contributed by atoms with Gasteiger partial charge in [-0.25, -0.2) is 0 Å². The van der Waals surface area contributed by atoms with Gasteiger partial charge in [-0.1, -0.05) is 18.2 Å². The van der Waals surface area contributed by atoms with Crippen LogP contribution in [0.2, 0.25) is 0 Å². The highest BCUT2D eigenvalue weighted by molar-refractivity contribution is 5.70. The van der Waals surface area contributed by atoms with Gasteiger partial charge in [0.2, 0.25) is 0 Å². The molecule has 4 rings (SSSR count). The quantitative estimate of drug-likeness (QED) is 0.335. The summed E-state index contributed by atoms with van der Waals surface area (Å²) in [6.07, 6.45) is 4.89. The van der Waals surface area contributed by atoms with Crippen molar-refractivity contribution in [2.45, 2.75) is 18.4 Å². The SMILES string of the molecule is COc1ccc(C2Nc3c(O)cc([N+](=O)[O-])cc3C3C=CCC32)cc1O. The molecule has 3 atom stereocenters. The molecule has 0 amide bonds. The van der Waals surface area contributed by atoms with E-state index in [9.17, 15) is 20.3 Å². The highest BCUT2D eigenvalue weighted by atomic mass is 16.6. The van der Waals surface area contributed by atoms with E-state index in [4.69, 9.17) is 4.74 Å². The Kier molecular flexibility index (Phi) is 3.72. The number of nitrogens with one attached hydrogen (secondary N) is 1. The average Bonchev–Trinajstić information content (AvgIpc) is 3.11. The second kappa shape index (κ2) is 5.94. The number of hydrogen-bond acceptors (Lipinski definition) is 6. The predicted octanol–water partition coefficient (Wildman–Crippen LogP) is 3.84. The van der Waals surface area contributed by atoms with Crippen LogP contribution in [0.15, 0.2) is 42.5 Å². The zero-order chi connectivity index (χ0) is 18.4. The first-order chi connectivity index (χ1) is 12.5. The number of methoxy groups -OCH3 is 1. The minimum atomic E-state index is -0.499. The van der Waals surface area contributed by atoms with Gasteiger partial charge in [0.1, 0.15) is 5.75 Å². The zero-order valence-electron chi connectivity index (χ0n) is 14.0. The van der Waals surface area contributed by atoms with Gasteiger partial charge in [-0.2, -0.15) is 0 Å². The Labute approximate surface area is 149 Å². The van der Waals surface area contributed by atoms with E-state index in [1.165, 1.54) is 13.2 Å². The van der Waals surface area contributed by atoms with Crippen LogP contribution in [0.4, 0.5) is 11.4 Å². The van der Waals surface area contributed by atoms with Gasteiger partial charge in [-0.15, -0.1) is 0 Å². The van der Waals surface area contributed by atoms with E-state index < -0.39 is 4.92 Å². The van der Waals surface area contributed by atoms with Crippen LogP contribution in [-0.4, -0.2) is 22.2 Å². The van der Waals surface area contributed by atoms with E-state index in [1.807, 2.05) is 12.1 Å². The van der Waals surface area contributed by atoms with Crippen LogP contribution in [0.3, 0.4) is 0 Å². The minimum Gasteiger partial charge on any atom is -0.506 e. The van der Waals surface area contributed by atoms with Crippen LogP contribution in [0.5, 0.6) is 17.2 Å². The third-order valence-electron chi connectivity index (χ3n) is 5.21. The van der Waals surface area contributed by atoms with Gasteiger partial charge in [-0.05, 0) is 35.6 Å². The molecule has 7 heteroatoms. The Bertz CT molecular complexity index is 924. The summed E-state index contributed by atoms with van der Waals surface area (Å²) in [6, 6.07) is 7.77. The predicted molar refractivity (Wildman–Crippen MR) is 95.8 cm³/mol. The number of nitro benzene ring substituents is 1. The topological polar surface area (TPSA) is 105 Å². The molecule has 3 unspecified atom stereocenters. The number of nitrogens with zero attached hydrogens (tertiary/aromatic N) is 1. The Morgan fingerprint density at radius 1 is 1.23 bits per heavy atom. The van der Waals surface area contributed by atoms with Crippen molar-refractivity contribution < 1.29 is 19.9 Å². The van der Waals surface area contributed by atoms with Crippen molar-refractivity contribution in [2.75, 3.05) is 12.4 Å². The van der Waals surface area contributed by atoms with Gasteiger partial charge in [0.25, 0.3) is 5.69 Å². The van der Waals surface area contributed by atoms with E-state index in [0.717, 1.165) is 23.6 Å². The van der Waals surface area contributed by atoms with Crippen LogP contribution >= 0.6 is 0 Å². The number of rotatable bonds is 3. The number of nitro groups is 1. The fourth-order valence-electron chi connectivity index (χ4n) is 4.00. The largest absolute Gasteiger partial charge is 0.506 e. The fraction of sp³-hybridized carbons (Fsp3) is 0.263. The standard InChI is InChI=1S/C19H18N2O5/c1-26-17-6-5-10(7-15(17)22)18-13-4-2-3-12(13)14-8-11(21(24)25)9-16(23)19(14)20-18/h2-3,5-9,12-13,18,20,22-23H,4H2,1H3. The summed E-state index contributed by atoms with van der Waals surface area (Å²) >= 11 is 0. The lowest BCUT2D eigenvalue weighted by molar-refractivity contribution is -0.385. The molecule has 0 bridgehead atoms. The Morgan fingerprint density at radius 3 is 2.73 bits per heavy atom. The number of allylic oxidation sites excluding steroid dienone is 2. The molecule has 2 aromatic carbocycles. The minimum absolute atomic E-state index is 0.0358. The molecule has 134 valence electrons. The van der Waals surface area contributed by atoms with Crippen molar-refractivity contribution in [3.8, 4) is 17.2 Å². The Morgan fingerprint density at radius 2 is 2.04 bits per heavy atom. The number of fused-ring (bicyclic) bond motifs is 3. The molecule has 0 saturated heterocycles. The molecule has 0 radical (unpaired) electrons. The molecular weight excluding hydrogens is 336 g/mol. The summed E-state index contributed by atoms with van der Waals surface area (Å²) in [5.74, 6) is 0.399. The molecule has 2 aromatic rings. The smallest absolute Gasteiger partial charge is 0.273 e. The summed E-state index contributed by atoms with van der Waals surface area (Å²) in [7, 11) is 1.49. The first kappa shape index (κ1) is 16.3. The molecule has 0 fully saturated rings. The molecule has 0 aromatic heterocycles. The van der Waals surface area contributed by atoms with Gasteiger partial charge in [0, 0.05) is 12.0 Å². The van der Waals surface area contributed by atoms with Gasteiger partial charge in [0.15, 0.2) is 11.5 Å². The second-order valence-corrected chi connectivity index (χ2v) is 6.59. The van der Waals surface area contributed by atoms with Crippen LogP contribution < -0.4 is 10.1 Å². The molecule has 26 heavy (non-hydrogen) atoms. The number of benzene rings is 2. The van der Waals surface area contributed by atoms with Gasteiger partial charge in [-0.3, -0.25) is 10.1 Å². The lowest BCUT2D eigenvalue weighted by atomic mass is 9.76. The van der Waals surface area contributed by atoms with Crippen molar-refractivity contribution in [2.24, 2.45) is 5.92 Å². The summed E-state index contributed by atoms with van der Waals surface area (Å²) < 4.78 is 5.10. The molecule has 2 aliphatic rings. The first-order valence-corrected chi connectivity index (χ1v) is 8.31. The van der Waals surface area contributed by atoms with E-state index in [-0.39, 0.29) is 35.1 Å². The summed E-state index contributed by atoms with van der Waals surface area (Å²) in [4.78, 5) is 10.6.